The zero-order valence-corrected chi connectivity index (χ0v) is 20.4. The maximum absolute atomic E-state index is 13.2. The van der Waals surface area contributed by atoms with Crippen LogP contribution in [0.4, 0.5) is 0 Å². The molecule has 2 atom stereocenters. The molecule has 0 fully saturated rings. The molecule has 1 aliphatic rings. The Morgan fingerprint density at radius 3 is 2.59 bits per heavy atom. The second-order valence-corrected chi connectivity index (χ2v) is 8.73. The summed E-state index contributed by atoms with van der Waals surface area (Å²) in [5, 5.41) is 14.6. The van der Waals surface area contributed by atoms with Crippen LogP contribution < -0.4 is 15.4 Å². The van der Waals surface area contributed by atoms with Gasteiger partial charge < -0.3 is 30.3 Å². The van der Waals surface area contributed by atoms with E-state index in [0.717, 1.165) is 0 Å². The van der Waals surface area contributed by atoms with Gasteiger partial charge in [0.15, 0.2) is 0 Å². The highest BCUT2D eigenvalue weighted by molar-refractivity contribution is 6.01. The molecule has 0 radical (unpaired) electrons. The lowest BCUT2D eigenvalue weighted by atomic mass is 10.0. The SMILES string of the molecule is CCN1CCOc2ccccc2C(=O)N[C@H](C(=O)N(C)CCO)CC(=O)N[C@@H](CC(C)C)C1=O. The second kappa shape index (κ2) is 12.9. The first kappa shape index (κ1) is 27.1. The van der Waals surface area contributed by atoms with Gasteiger partial charge in [-0.2, -0.15) is 0 Å². The molecule has 0 spiro atoms. The fourth-order valence-corrected chi connectivity index (χ4v) is 3.78. The quantitative estimate of drug-likeness (QED) is 0.545. The Labute approximate surface area is 200 Å². The summed E-state index contributed by atoms with van der Waals surface area (Å²) in [6.07, 6.45) is 0.0809. The molecule has 4 amide bonds. The normalized spacial score (nSPS) is 20.1. The summed E-state index contributed by atoms with van der Waals surface area (Å²) in [6.45, 7) is 6.44. The number of ether oxygens (including phenoxy) is 1. The first-order chi connectivity index (χ1) is 16.2. The molecule has 10 nitrogen and oxygen atoms in total. The smallest absolute Gasteiger partial charge is 0.255 e. The summed E-state index contributed by atoms with van der Waals surface area (Å²) < 4.78 is 5.83. The van der Waals surface area contributed by atoms with E-state index < -0.39 is 29.8 Å². The van der Waals surface area contributed by atoms with Crippen LogP contribution in [0.1, 0.15) is 44.0 Å². The van der Waals surface area contributed by atoms with E-state index >= 15 is 0 Å². The van der Waals surface area contributed by atoms with Gasteiger partial charge in [-0.3, -0.25) is 19.2 Å². The highest BCUT2D eigenvalue weighted by atomic mass is 16.5. The number of amides is 4. The monoisotopic (exact) mass is 476 g/mol. The number of carbonyl (C=O) groups is 4. The topological polar surface area (TPSA) is 128 Å². The Hall–Kier alpha value is -3.14. The molecule has 0 aliphatic carbocycles. The molecule has 1 aromatic rings. The minimum absolute atomic E-state index is 0.0481. The van der Waals surface area contributed by atoms with E-state index in [0.29, 0.717) is 25.3 Å². The molecule has 10 heteroatoms. The third kappa shape index (κ3) is 7.44. The lowest BCUT2D eigenvalue weighted by molar-refractivity contribution is -0.138. The molecule has 1 heterocycles. The summed E-state index contributed by atoms with van der Waals surface area (Å²) >= 11 is 0. The lowest BCUT2D eigenvalue weighted by Gasteiger charge is -2.29. The van der Waals surface area contributed by atoms with Crippen LogP contribution in [0.2, 0.25) is 0 Å². The number of carbonyl (C=O) groups excluding carboxylic acids is 4. The fraction of sp³-hybridized carbons (Fsp3) is 0.583. The van der Waals surface area contributed by atoms with Gasteiger partial charge in [-0.1, -0.05) is 26.0 Å². The van der Waals surface area contributed by atoms with Crippen LogP contribution >= 0.6 is 0 Å². The van der Waals surface area contributed by atoms with Crippen molar-refractivity contribution in [3.05, 3.63) is 29.8 Å². The van der Waals surface area contributed by atoms with Gasteiger partial charge in [-0.05, 0) is 31.4 Å². The number of fused-ring (bicyclic) bond motifs is 1. The van der Waals surface area contributed by atoms with Crippen molar-refractivity contribution in [1.29, 1.82) is 0 Å². The third-order valence-corrected chi connectivity index (χ3v) is 5.59. The van der Waals surface area contributed by atoms with Gasteiger partial charge >= 0.3 is 0 Å². The van der Waals surface area contributed by atoms with Gasteiger partial charge in [0.2, 0.25) is 17.7 Å². The molecule has 1 aromatic carbocycles. The molecule has 2 rings (SSSR count). The highest BCUT2D eigenvalue weighted by Crippen LogP contribution is 2.19. The standard InChI is InChI=1S/C24H36N4O6/c1-5-28-11-13-34-20-9-7-6-8-17(20)22(31)26-19(23(32)27(4)10-12-29)15-21(30)25-18(24(28)33)14-16(2)3/h6-9,16,18-19,29H,5,10-15H2,1-4H3,(H,25,30)(H,26,31)/t18-,19-/m0/s1. The van der Waals surface area contributed by atoms with Gasteiger partial charge in [0.05, 0.1) is 25.1 Å². The van der Waals surface area contributed by atoms with E-state index in [1.807, 2.05) is 20.8 Å². The largest absolute Gasteiger partial charge is 0.491 e. The first-order valence-corrected chi connectivity index (χ1v) is 11.6. The van der Waals surface area contributed by atoms with Crippen molar-refractivity contribution >= 4 is 23.6 Å². The number of hydrogen-bond acceptors (Lipinski definition) is 6. The number of aliphatic hydroxyl groups excluding tert-OH is 1. The summed E-state index contributed by atoms with van der Waals surface area (Å²) in [5.74, 6) is -1.36. The van der Waals surface area contributed by atoms with Crippen LogP contribution in [0, 0.1) is 5.92 Å². The van der Waals surface area contributed by atoms with Gasteiger partial charge in [0, 0.05) is 20.1 Å². The second-order valence-electron chi connectivity index (χ2n) is 8.73. The number of hydrogen-bond donors (Lipinski definition) is 3. The van der Waals surface area contributed by atoms with Crippen LogP contribution in [0.25, 0.3) is 0 Å². The molecule has 1 aliphatic heterocycles. The third-order valence-electron chi connectivity index (χ3n) is 5.59. The summed E-state index contributed by atoms with van der Waals surface area (Å²) in [4.78, 5) is 55.1. The van der Waals surface area contributed by atoms with Crippen LogP contribution in [0.3, 0.4) is 0 Å². The molecule has 0 aromatic heterocycles. The summed E-state index contributed by atoms with van der Waals surface area (Å²) in [6, 6.07) is 4.66. The van der Waals surface area contributed by atoms with Gasteiger partial charge in [-0.25, -0.2) is 0 Å². The van der Waals surface area contributed by atoms with Crippen molar-refractivity contribution in [2.24, 2.45) is 5.92 Å². The number of aliphatic hydroxyl groups is 1. The zero-order valence-electron chi connectivity index (χ0n) is 20.4. The molecule has 0 saturated heterocycles. The maximum Gasteiger partial charge on any atom is 0.255 e. The van der Waals surface area contributed by atoms with Gasteiger partial charge in [-0.15, -0.1) is 0 Å². The molecule has 3 N–H and O–H groups in total. The molecule has 34 heavy (non-hydrogen) atoms. The average Bonchev–Trinajstić information content (AvgIpc) is 2.79. The van der Waals surface area contributed by atoms with Crippen molar-refractivity contribution in [3.8, 4) is 5.75 Å². The molecule has 188 valence electrons. The summed E-state index contributed by atoms with van der Waals surface area (Å²) in [5.41, 5.74) is 0.217. The van der Waals surface area contributed by atoms with Gasteiger partial charge in [0.25, 0.3) is 5.91 Å². The van der Waals surface area contributed by atoms with Crippen molar-refractivity contribution in [2.45, 2.75) is 45.7 Å². The molecule has 0 saturated carbocycles. The first-order valence-electron chi connectivity index (χ1n) is 11.6. The maximum atomic E-state index is 13.2. The minimum Gasteiger partial charge on any atom is -0.491 e. The van der Waals surface area contributed by atoms with Crippen molar-refractivity contribution in [3.63, 3.8) is 0 Å². The number of benzene rings is 1. The van der Waals surface area contributed by atoms with E-state index in [1.165, 1.54) is 11.9 Å². The highest BCUT2D eigenvalue weighted by Gasteiger charge is 2.31. The molecular formula is C24H36N4O6. The number of nitrogens with zero attached hydrogens (tertiary/aromatic N) is 2. The van der Waals surface area contributed by atoms with Gasteiger partial charge in [0.1, 0.15) is 24.4 Å². The molecule has 0 unspecified atom stereocenters. The van der Waals surface area contributed by atoms with Crippen molar-refractivity contribution in [1.82, 2.24) is 20.4 Å². The number of nitrogens with one attached hydrogen (secondary N) is 2. The Bertz CT molecular complexity index is 875. The van der Waals surface area contributed by atoms with E-state index in [1.54, 1.807) is 29.2 Å². The van der Waals surface area contributed by atoms with E-state index in [2.05, 4.69) is 10.6 Å². The van der Waals surface area contributed by atoms with Crippen LogP contribution in [0.15, 0.2) is 24.3 Å². The number of para-hydroxylation sites is 1. The fourth-order valence-electron chi connectivity index (χ4n) is 3.78. The van der Waals surface area contributed by atoms with E-state index in [-0.39, 0.29) is 43.6 Å². The minimum atomic E-state index is -1.18. The predicted molar refractivity (Wildman–Crippen MR) is 126 cm³/mol. The number of likely N-dealkylation sites (N-methyl/N-ethyl adjacent to an activating group) is 2. The Kier molecular flexibility index (Phi) is 10.3. The van der Waals surface area contributed by atoms with E-state index in [4.69, 9.17) is 4.74 Å². The molecule has 0 bridgehead atoms. The van der Waals surface area contributed by atoms with E-state index in [9.17, 15) is 24.3 Å². The van der Waals surface area contributed by atoms with Crippen LogP contribution in [-0.2, 0) is 14.4 Å². The molecular weight excluding hydrogens is 440 g/mol. The zero-order chi connectivity index (χ0) is 25.3. The van der Waals surface area contributed by atoms with Crippen LogP contribution in [-0.4, -0.2) is 90.5 Å². The Balaban J connectivity index is 2.43. The Morgan fingerprint density at radius 2 is 1.94 bits per heavy atom. The predicted octanol–water partition coefficient (Wildman–Crippen LogP) is 0.398. The van der Waals surface area contributed by atoms with Crippen molar-refractivity contribution < 1.29 is 29.0 Å². The Morgan fingerprint density at radius 1 is 1.24 bits per heavy atom. The summed E-state index contributed by atoms with van der Waals surface area (Å²) in [7, 11) is 1.48. The number of rotatable bonds is 6. The van der Waals surface area contributed by atoms with Crippen LogP contribution in [0.5, 0.6) is 5.75 Å². The average molecular weight is 477 g/mol. The van der Waals surface area contributed by atoms with Crippen molar-refractivity contribution in [2.75, 3.05) is 39.9 Å². The lowest BCUT2D eigenvalue weighted by Crippen LogP contribution is -2.53.